The molecule has 1 aromatic rings. The van der Waals surface area contributed by atoms with Crippen LogP contribution in [0.4, 0.5) is 0 Å². The molecule has 0 saturated carbocycles. The molecule has 0 bridgehead atoms. The molecule has 3 N–H and O–H groups in total. The second kappa shape index (κ2) is 11.2. The molecule has 23 heavy (non-hydrogen) atoms. The lowest BCUT2D eigenvalue weighted by atomic mass is 9.98. The van der Waals surface area contributed by atoms with Crippen LogP contribution in [0.2, 0.25) is 0 Å². The van der Waals surface area contributed by atoms with Crippen molar-refractivity contribution < 1.29 is 14.6 Å². The van der Waals surface area contributed by atoms with E-state index in [2.05, 4.69) is 6.92 Å². The number of methoxy groups -OCH3 is 2. The standard InChI is InChI=1S/C19H32NO3/c1-4-5-6-7-8-9-10-11-12-16-15(14-20)13-17(22-2)19(23-3)18(16)21/h13,21H,1,4-12,14,20H2,2-3H3. The summed E-state index contributed by atoms with van der Waals surface area (Å²) in [5.74, 6) is 1.09. The summed E-state index contributed by atoms with van der Waals surface area (Å²) in [6.07, 6.45) is 10.4. The molecule has 0 atom stereocenters. The van der Waals surface area contributed by atoms with E-state index in [4.69, 9.17) is 15.2 Å². The summed E-state index contributed by atoms with van der Waals surface area (Å²) in [6.45, 7) is 4.25. The molecule has 4 nitrogen and oxygen atoms in total. The van der Waals surface area contributed by atoms with Crippen LogP contribution in [-0.4, -0.2) is 19.3 Å². The summed E-state index contributed by atoms with van der Waals surface area (Å²) in [7, 11) is 3.10. The Morgan fingerprint density at radius 2 is 1.61 bits per heavy atom. The monoisotopic (exact) mass is 322 g/mol. The molecule has 0 fully saturated rings. The SMILES string of the molecule is [CH2]CCCCCCCCCc1c(CN)cc(OC)c(OC)c1O. The van der Waals surface area contributed by atoms with Crippen molar-refractivity contribution in [2.45, 2.75) is 64.3 Å². The molecule has 0 aliphatic rings. The molecule has 0 saturated heterocycles. The Hall–Kier alpha value is -1.42. The van der Waals surface area contributed by atoms with E-state index in [1.54, 1.807) is 7.11 Å². The molecule has 0 amide bonds. The van der Waals surface area contributed by atoms with Crippen molar-refractivity contribution in [2.75, 3.05) is 14.2 Å². The minimum Gasteiger partial charge on any atom is -0.504 e. The van der Waals surface area contributed by atoms with Crippen molar-refractivity contribution in [3.05, 3.63) is 24.1 Å². The average molecular weight is 322 g/mol. The van der Waals surface area contributed by atoms with Crippen molar-refractivity contribution in [3.8, 4) is 17.2 Å². The van der Waals surface area contributed by atoms with Gasteiger partial charge in [-0.25, -0.2) is 0 Å². The van der Waals surface area contributed by atoms with Gasteiger partial charge in [-0.2, -0.15) is 0 Å². The molecule has 1 radical (unpaired) electrons. The Morgan fingerprint density at radius 1 is 1.00 bits per heavy atom. The van der Waals surface area contributed by atoms with Gasteiger partial charge in [-0.15, -0.1) is 0 Å². The third kappa shape index (κ3) is 5.94. The van der Waals surface area contributed by atoms with E-state index in [1.165, 1.54) is 45.6 Å². The first-order valence-corrected chi connectivity index (χ1v) is 8.64. The maximum absolute atomic E-state index is 10.4. The van der Waals surface area contributed by atoms with Crippen molar-refractivity contribution in [3.63, 3.8) is 0 Å². The highest BCUT2D eigenvalue weighted by Gasteiger charge is 2.18. The highest BCUT2D eigenvalue weighted by atomic mass is 16.5. The van der Waals surface area contributed by atoms with Gasteiger partial charge in [0.25, 0.3) is 0 Å². The van der Waals surface area contributed by atoms with Crippen molar-refractivity contribution in [2.24, 2.45) is 5.73 Å². The van der Waals surface area contributed by atoms with E-state index in [0.29, 0.717) is 18.0 Å². The lowest BCUT2D eigenvalue weighted by Gasteiger charge is -2.16. The number of ether oxygens (including phenoxy) is 2. The topological polar surface area (TPSA) is 64.7 Å². The van der Waals surface area contributed by atoms with E-state index < -0.39 is 0 Å². The van der Waals surface area contributed by atoms with Crippen LogP contribution < -0.4 is 15.2 Å². The second-order valence-corrected chi connectivity index (χ2v) is 5.88. The zero-order valence-corrected chi connectivity index (χ0v) is 14.7. The molecular weight excluding hydrogens is 290 g/mol. The number of nitrogens with two attached hydrogens (primary N) is 1. The average Bonchev–Trinajstić information content (AvgIpc) is 2.57. The molecule has 0 spiro atoms. The quantitative estimate of drug-likeness (QED) is 0.561. The first-order chi connectivity index (χ1) is 11.2. The lowest BCUT2D eigenvalue weighted by Crippen LogP contribution is -2.05. The van der Waals surface area contributed by atoms with Gasteiger partial charge >= 0.3 is 0 Å². The Balaban J connectivity index is 2.55. The number of unbranched alkanes of at least 4 members (excludes halogenated alkanes) is 7. The van der Waals surface area contributed by atoms with Crippen molar-refractivity contribution in [1.29, 1.82) is 0 Å². The summed E-state index contributed by atoms with van der Waals surface area (Å²) in [5.41, 5.74) is 7.64. The Labute approximate surface area is 141 Å². The van der Waals surface area contributed by atoms with Gasteiger partial charge < -0.3 is 20.3 Å². The minimum absolute atomic E-state index is 0.169. The van der Waals surface area contributed by atoms with E-state index >= 15 is 0 Å². The third-order valence-corrected chi connectivity index (χ3v) is 4.24. The van der Waals surface area contributed by atoms with Crippen LogP contribution in [0.3, 0.4) is 0 Å². The van der Waals surface area contributed by atoms with Crippen LogP contribution in [0.15, 0.2) is 6.07 Å². The number of benzene rings is 1. The maximum Gasteiger partial charge on any atom is 0.203 e. The molecular formula is C19H32NO3. The van der Waals surface area contributed by atoms with Gasteiger partial charge in [-0.1, -0.05) is 51.9 Å². The van der Waals surface area contributed by atoms with Crippen LogP contribution >= 0.6 is 0 Å². The number of phenolic OH excluding ortho intramolecular Hbond substituents is 1. The predicted molar refractivity (Wildman–Crippen MR) is 95.1 cm³/mol. The number of aromatic hydroxyl groups is 1. The largest absolute Gasteiger partial charge is 0.504 e. The normalized spacial score (nSPS) is 10.8. The molecule has 131 valence electrons. The summed E-state index contributed by atoms with van der Waals surface area (Å²) < 4.78 is 10.5. The molecule has 0 aliphatic carbocycles. The fourth-order valence-electron chi connectivity index (χ4n) is 2.89. The van der Waals surface area contributed by atoms with Gasteiger partial charge in [0.2, 0.25) is 5.75 Å². The first kappa shape index (κ1) is 19.6. The summed E-state index contributed by atoms with van der Waals surface area (Å²) in [5, 5.41) is 10.4. The molecule has 0 aromatic heterocycles. The number of hydrogen-bond acceptors (Lipinski definition) is 4. The van der Waals surface area contributed by atoms with Gasteiger partial charge in [0.15, 0.2) is 11.5 Å². The van der Waals surface area contributed by atoms with Crippen molar-refractivity contribution in [1.82, 2.24) is 0 Å². The fourth-order valence-corrected chi connectivity index (χ4v) is 2.89. The minimum atomic E-state index is 0.169. The summed E-state index contributed by atoms with van der Waals surface area (Å²) >= 11 is 0. The molecule has 1 rings (SSSR count). The second-order valence-electron chi connectivity index (χ2n) is 5.88. The molecule has 0 heterocycles. The Morgan fingerprint density at radius 3 is 2.13 bits per heavy atom. The fraction of sp³-hybridized carbons (Fsp3) is 0.632. The van der Waals surface area contributed by atoms with Crippen LogP contribution in [0.25, 0.3) is 0 Å². The van der Waals surface area contributed by atoms with E-state index in [-0.39, 0.29) is 5.75 Å². The van der Waals surface area contributed by atoms with Gasteiger partial charge in [0.05, 0.1) is 14.2 Å². The smallest absolute Gasteiger partial charge is 0.203 e. The number of phenols is 1. The van der Waals surface area contributed by atoms with Crippen LogP contribution in [0, 0.1) is 6.92 Å². The highest BCUT2D eigenvalue weighted by Crippen LogP contribution is 2.41. The molecule has 0 aliphatic heterocycles. The third-order valence-electron chi connectivity index (χ3n) is 4.24. The number of hydrogen-bond donors (Lipinski definition) is 2. The number of rotatable bonds is 12. The lowest BCUT2D eigenvalue weighted by molar-refractivity contribution is 0.330. The maximum atomic E-state index is 10.4. The predicted octanol–water partition coefficient (Wildman–Crippen LogP) is 4.37. The Kier molecular flexibility index (Phi) is 9.53. The van der Waals surface area contributed by atoms with Gasteiger partial charge in [-0.05, 0) is 24.5 Å². The first-order valence-electron chi connectivity index (χ1n) is 8.64. The van der Waals surface area contributed by atoms with Crippen LogP contribution in [-0.2, 0) is 13.0 Å². The summed E-state index contributed by atoms with van der Waals surface area (Å²) in [6, 6.07) is 1.87. The Bertz CT molecular complexity index is 460. The zero-order chi connectivity index (χ0) is 17.1. The van der Waals surface area contributed by atoms with E-state index in [9.17, 15) is 5.11 Å². The van der Waals surface area contributed by atoms with E-state index in [1.807, 2.05) is 6.07 Å². The summed E-state index contributed by atoms with van der Waals surface area (Å²) in [4.78, 5) is 0. The van der Waals surface area contributed by atoms with Gasteiger partial charge in [0.1, 0.15) is 0 Å². The van der Waals surface area contributed by atoms with E-state index in [0.717, 1.165) is 30.4 Å². The van der Waals surface area contributed by atoms with Gasteiger partial charge in [-0.3, -0.25) is 0 Å². The molecule has 1 aromatic carbocycles. The zero-order valence-electron chi connectivity index (χ0n) is 14.7. The highest BCUT2D eigenvalue weighted by molar-refractivity contribution is 5.58. The van der Waals surface area contributed by atoms with Crippen LogP contribution in [0.5, 0.6) is 17.2 Å². The van der Waals surface area contributed by atoms with Gasteiger partial charge in [0, 0.05) is 12.1 Å². The molecule has 0 unspecified atom stereocenters. The van der Waals surface area contributed by atoms with Crippen LogP contribution in [0.1, 0.15) is 62.5 Å². The molecule has 4 heteroatoms. The van der Waals surface area contributed by atoms with Crippen molar-refractivity contribution >= 4 is 0 Å².